The van der Waals surface area contributed by atoms with Crippen LogP contribution in [0.5, 0.6) is 0 Å². The molecule has 3 N–H and O–H groups in total. The fourth-order valence-electron chi connectivity index (χ4n) is 1.57. The molecule has 1 rings (SSSR count). The number of hydrogen-bond acceptors (Lipinski definition) is 3. The number of nitrogens with zero attached hydrogens (tertiary/aromatic N) is 1. The van der Waals surface area contributed by atoms with Crippen molar-refractivity contribution in [3.63, 3.8) is 0 Å². The number of amides is 1. The van der Waals surface area contributed by atoms with Crippen molar-refractivity contribution < 1.29 is 4.79 Å². The average Bonchev–Trinajstić information content (AvgIpc) is 2.51. The second-order valence-corrected chi connectivity index (χ2v) is 3.18. The van der Waals surface area contributed by atoms with Gasteiger partial charge in [-0.05, 0) is 6.42 Å². The van der Waals surface area contributed by atoms with Gasteiger partial charge in [-0.3, -0.25) is 9.69 Å². The van der Waals surface area contributed by atoms with Crippen molar-refractivity contribution in [2.45, 2.75) is 25.8 Å². The standard InChI is InChI=1S/C8H17N3O/c1-2-3-7(8(9)12)11-5-4-10-6-11/h7,10H,2-6H2,1H3,(H2,9,12). The van der Waals surface area contributed by atoms with Gasteiger partial charge < -0.3 is 11.1 Å². The van der Waals surface area contributed by atoms with E-state index in [1.165, 1.54) is 0 Å². The van der Waals surface area contributed by atoms with Crippen molar-refractivity contribution in [1.29, 1.82) is 0 Å². The van der Waals surface area contributed by atoms with Gasteiger partial charge in [0, 0.05) is 19.8 Å². The van der Waals surface area contributed by atoms with Gasteiger partial charge in [0.25, 0.3) is 0 Å². The van der Waals surface area contributed by atoms with Crippen molar-refractivity contribution in [2.24, 2.45) is 5.73 Å². The molecule has 1 amide bonds. The average molecular weight is 171 g/mol. The molecule has 0 aromatic rings. The van der Waals surface area contributed by atoms with Crippen LogP contribution in [0.4, 0.5) is 0 Å². The molecule has 1 aliphatic rings. The first-order valence-electron chi connectivity index (χ1n) is 4.49. The van der Waals surface area contributed by atoms with Gasteiger partial charge in [0.05, 0.1) is 6.04 Å². The molecule has 12 heavy (non-hydrogen) atoms. The van der Waals surface area contributed by atoms with E-state index in [2.05, 4.69) is 17.1 Å². The number of carbonyl (C=O) groups excluding carboxylic acids is 1. The predicted octanol–water partition coefficient (Wildman–Crippen LogP) is -0.497. The van der Waals surface area contributed by atoms with E-state index in [9.17, 15) is 4.79 Å². The number of rotatable bonds is 4. The molecule has 1 aliphatic heterocycles. The van der Waals surface area contributed by atoms with Crippen LogP contribution in [0, 0.1) is 0 Å². The number of nitrogens with one attached hydrogen (secondary N) is 1. The predicted molar refractivity (Wildman–Crippen MR) is 47.5 cm³/mol. The van der Waals surface area contributed by atoms with E-state index < -0.39 is 0 Å². The third-order valence-electron chi connectivity index (χ3n) is 2.22. The first-order chi connectivity index (χ1) is 5.75. The molecule has 0 bridgehead atoms. The number of carbonyl (C=O) groups is 1. The lowest BCUT2D eigenvalue weighted by atomic mass is 10.1. The minimum atomic E-state index is -0.194. The maximum Gasteiger partial charge on any atom is 0.234 e. The summed E-state index contributed by atoms with van der Waals surface area (Å²) in [4.78, 5) is 13.1. The Hall–Kier alpha value is -0.610. The topological polar surface area (TPSA) is 58.4 Å². The summed E-state index contributed by atoms with van der Waals surface area (Å²) in [5.41, 5.74) is 5.29. The highest BCUT2D eigenvalue weighted by Crippen LogP contribution is 2.07. The Labute approximate surface area is 73.1 Å². The summed E-state index contributed by atoms with van der Waals surface area (Å²) in [6.45, 7) is 4.77. The van der Waals surface area contributed by atoms with E-state index in [-0.39, 0.29) is 11.9 Å². The molecular formula is C8H17N3O. The van der Waals surface area contributed by atoms with Gasteiger partial charge in [0.1, 0.15) is 0 Å². The molecule has 0 saturated carbocycles. The van der Waals surface area contributed by atoms with Gasteiger partial charge in [-0.2, -0.15) is 0 Å². The zero-order valence-electron chi connectivity index (χ0n) is 7.55. The maximum absolute atomic E-state index is 11.0. The molecular weight excluding hydrogens is 154 g/mol. The first-order valence-corrected chi connectivity index (χ1v) is 4.49. The molecule has 0 aliphatic carbocycles. The van der Waals surface area contributed by atoms with Crippen LogP contribution in [0.25, 0.3) is 0 Å². The normalized spacial score (nSPS) is 21.1. The van der Waals surface area contributed by atoms with Crippen LogP contribution in [-0.2, 0) is 4.79 Å². The SMILES string of the molecule is CCCC(C(N)=O)N1CCNC1. The van der Waals surface area contributed by atoms with Crippen LogP contribution >= 0.6 is 0 Å². The molecule has 1 unspecified atom stereocenters. The smallest absolute Gasteiger partial charge is 0.234 e. The molecule has 0 aromatic heterocycles. The van der Waals surface area contributed by atoms with E-state index in [1.54, 1.807) is 0 Å². The summed E-state index contributed by atoms with van der Waals surface area (Å²) in [5.74, 6) is -0.194. The number of nitrogens with two attached hydrogens (primary N) is 1. The summed E-state index contributed by atoms with van der Waals surface area (Å²) in [6.07, 6.45) is 1.88. The molecule has 1 fully saturated rings. The second kappa shape index (κ2) is 4.42. The van der Waals surface area contributed by atoms with Crippen LogP contribution in [0.15, 0.2) is 0 Å². The van der Waals surface area contributed by atoms with Crippen molar-refractivity contribution in [3.8, 4) is 0 Å². The zero-order chi connectivity index (χ0) is 8.97. The van der Waals surface area contributed by atoms with Gasteiger partial charge >= 0.3 is 0 Å². The summed E-state index contributed by atoms with van der Waals surface area (Å²) in [6, 6.07) is -0.0648. The third-order valence-corrected chi connectivity index (χ3v) is 2.22. The van der Waals surface area contributed by atoms with Crippen LogP contribution in [0.3, 0.4) is 0 Å². The van der Waals surface area contributed by atoms with Crippen LogP contribution in [0.2, 0.25) is 0 Å². The molecule has 1 atom stereocenters. The first kappa shape index (κ1) is 9.48. The fraction of sp³-hybridized carbons (Fsp3) is 0.875. The molecule has 4 heteroatoms. The fourth-order valence-corrected chi connectivity index (χ4v) is 1.57. The van der Waals surface area contributed by atoms with Crippen LogP contribution in [0.1, 0.15) is 19.8 Å². The van der Waals surface area contributed by atoms with E-state index in [0.717, 1.165) is 32.6 Å². The minimum Gasteiger partial charge on any atom is -0.368 e. The molecule has 4 nitrogen and oxygen atoms in total. The van der Waals surface area contributed by atoms with E-state index in [4.69, 9.17) is 5.73 Å². The molecule has 0 aromatic carbocycles. The minimum absolute atomic E-state index is 0.0648. The zero-order valence-corrected chi connectivity index (χ0v) is 7.55. The molecule has 70 valence electrons. The van der Waals surface area contributed by atoms with Gasteiger partial charge in [0.2, 0.25) is 5.91 Å². The molecule has 0 radical (unpaired) electrons. The van der Waals surface area contributed by atoms with E-state index in [0.29, 0.717) is 0 Å². The summed E-state index contributed by atoms with van der Waals surface area (Å²) >= 11 is 0. The Balaban J connectivity index is 2.45. The Morgan fingerprint density at radius 1 is 1.75 bits per heavy atom. The molecule has 0 spiro atoms. The quantitative estimate of drug-likeness (QED) is 0.599. The second-order valence-electron chi connectivity index (χ2n) is 3.18. The van der Waals surface area contributed by atoms with Crippen molar-refractivity contribution in [2.75, 3.05) is 19.8 Å². The highest BCUT2D eigenvalue weighted by atomic mass is 16.1. The lowest BCUT2D eigenvalue weighted by molar-refractivity contribution is -0.123. The van der Waals surface area contributed by atoms with Crippen LogP contribution in [-0.4, -0.2) is 36.6 Å². The Kier molecular flexibility index (Phi) is 3.49. The van der Waals surface area contributed by atoms with Gasteiger partial charge in [-0.1, -0.05) is 13.3 Å². The van der Waals surface area contributed by atoms with Crippen LogP contribution < -0.4 is 11.1 Å². The summed E-state index contributed by atoms with van der Waals surface area (Å²) < 4.78 is 0. The van der Waals surface area contributed by atoms with Gasteiger partial charge in [0.15, 0.2) is 0 Å². The van der Waals surface area contributed by atoms with E-state index in [1.807, 2.05) is 0 Å². The lowest BCUT2D eigenvalue weighted by Gasteiger charge is -2.23. The Bertz CT molecular complexity index is 154. The molecule has 1 saturated heterocycles. The van der Waals surface area contributed by atoms with E-state index >= 15 is 0 Å². The lowest BCUT2D eigenvalue weighted by Crippen LogP contribution is -2.43. The Morgan fingerprint density at radius 3 is 2.92 bits per heavy atom. The van der Waals surface area contributed by atoms with Crippen molar-refractivity contribution in [3.05, 3.63) is 0 Å². The largest absolute Gasteiger partial charge is 0.368 e. The maximum atomic E-state index is 11.0. The summed E-state index contributed by atoms with van der Waals surface area (Å²) in [5, 5.41) is 3.18. The molecule has 1 heterocycles. The van der Waals surface area contributed by atoms with Gasteiger partial charge in [-0.25, -0.2) is 0 Å². The third kappa shape index (κ3) is 2.19. The van der Waals surface area contributed by atoms with Crippen molar-refractivity contribution >= 4 is 5.91 Å². The van der Waals surface area contributed by atoms with Crippen molar-refractivity contribution in [1.82, 2.24) is 10.2 Å². The summed E-state index contributed by atoms with van der Waals surface area (Å²) in [7, 11) is 0. The van der Waals surface area contributed by atoms with Gasteiger partial charge in [-0.15, -0.1) is 0 Å². The highest BCUT2D eigenvalue weighted by Gasteiger charge is 2.24. The highest BCUT2D eigenvalue weighted by molar-refractivity contribution is 5.79. The number of hydrogen-bond donors (Lipinski definition) is 2. The monoisotopic (exact) mass is 171 g/mol. The Morgan fingerprint density at radius 2 is 2.50 bits per heavy atom. The number of primary amides is 1.